The van der Waals surface area contributed by atoms with Crippen LogP contribution in [0.25, 0.3) is 0 Å². The number of amides is 1. The normalized spacial score (nSPS) is 22.9. The van der Waals surface area contributed by atoms with Crippen LogP contribution in [0.4, 0.5) is 0 Å². The molecule has 1 amide bonds. The highest BCUT2D eigenvalue weighted by atomic mass is 16.2. The molecule has 1 aliphatic heterocycles. The molecule has 1 fully saturated rings. The third-order valence-electron chi connectivity index (χ3n) is 3.02. The number of nitrogens with one attached hydrogen (secondary N) is 1. The third-order valence-corrected chi connectivity index (χ3v) is 3.02. The van der Waals surface area contributed by atoms with Crippen molar-refractivity contribution in [1.29, 1.82) is 0 Å². The number of nitrogens with zero attached hydrogens (tertiary/aromatic N) is 1. The Labute approximate surface area is 93.2 Å². The molecule has 0 saturated carbocycles. The Hall–Kier alpha value is -0.570. The first kappa shape index (κ1) is 12.5. The second-order valence-corrected chi connectivity index (χ2v) is 4.42. The molecular weight excluding hydrogens is 188 g/mol. The van der Waals surface area contributed by atoms with E-state index in [2.05, 4.69) is 12.2 Å². The van der Waals surface area contributed by atoms with Crippen molar-refractivity contribution in [3.05, 3.63) is 0 Å². The van der Waals surface area contributed by atoms with Gasteiger partial charge in [0, 0.05) is 13.1 Å². The van der Waals surface area contributed by atoms with E-state index in [0.29, 0.717) is 0 Å². The molecule has 0 aromatic rings. The highest BCUT2D eigenvalue weighted by Gasteiger charge is 2.21. The summed E-state index contributed by atoms with van der Waals surface area (Å²) in [6.45, 7) is 7.03. The average molecular weight is 212 g/mol. The minimum Gasteiger partial charge on any atom is -0.341 e. The van der Waals surface area contributed by atoms with Gasteiger partial charge in [-0.3, -0.25) is 4.79 Å². The van der Waals surface area contributed by atoms with Crippen LogP contribution in [0.15, 0.2) is 0 Å². The summed E-state index contributed by atoms with van der Waals surface area (Å²) in [5, 5.41) is 3.23. The fraction of sp³-hybridized carbons (Fsp3) is 0.917. The van der Waals surface area contributed by atoms with Crippen LogP contribution in [-0.4, -0.2) is 36.5 Å². The summed E-state index contributed by atoms with van der Waals surface area (Å²) < 4.78 is 0. The van der Waals surface area contributed by atoms with E-state index in [1.807, 2.05) is 11.8 Å². The van der Waals surface area contributed by atoms with E-state index < -0.39 is 0 Å². The van der Waals surface area contributed by atoms with E-state index in [9.17, 15) is 4.79 Å². The zero-order valence-electron chi connectivity index (χ0n) is 10.1. The summed E-state index contributed by atoms with van der Waals surface area (Å²) in [4.78, 5) is 13.9. The summed E-state index contributed by atoms with van der Waals surface area (Å²) in [6, 6.07) is 0.0127. The molecule has 1 rings (SSSR count). The molecule has 3 nitrogen and oxygen atoms in total. The van der Waals surface area contributed by atoms with Crippen molar-refractivity contribution in [2.75, 3.05) is 19.6 Å². The summed E-state index contributed by atoms with van der Waals surface area (Å²) >= 11 is 0. The Kier molecular flexibility index (Phi) is 5.69. The molecule has 1 N–H and O–H groups in total. The Morgan fingerprint density at radius 2 is 2.20 bits per heavy atom. The van der Waals surface area contributed by atoms with Crippen molar-refractivity contribution < 1.29 is 4.79 Å². The van der Waals surface area contributed by atoms with Crippen molar-refractivity contribution in [2.45, 2.75) is 52.0 Å². The monoisotopic (exact) mass is 212 g/mol. The lowest BCUT2D eigenvalue weighted by atomic mass is 10.2. The van der Waals surface area contributed by atoms with Crippen LogP contribution in [0.2, 0.25) is 0 Å². The van der Waals surface area contributed by atoms with Gasteiger partial charge in [0.25, 0.3) is 0 Å². The van der Waals surface area contributed by atoms with Gasteiger partial charge < -0.3 is 10.2 Å². The molecule has 1 saturated heterocycles. The summed E-state index contributed by atoms with van der Waals surface area (Å²) in [6.07, 6.45) is 6.04. The summed E-state index contributed by atoms with van der Waals surface area (Å²) in [5.41, 5.74) is 0. The fourth-order valence-corrected chi connectivity index (χ4v) is 2.01. The van der Waals surface area contributed by atoms with Crippen LogP contribution in [0.3, 0.4) is 0 Å². The van der Waals surface area contributed by atoms with Crippen LogP contribution < -0.4 is 5.32 Å². The van der Waals surface area contributed by atoms with E-state index in [1.54, 1.807) is 0 Å². The molecule has 1 heterocycles. The standard InChI is InChI=1S/C12H24N2O/c1-3-4-5-6-9-14-10-7-8-13-11(2)12(14)15/h11,13H,3-10H2,1-2H3. The molecule has 15 heavy (non-hydrogen) atoms. The zero-order valence-corrected chi connectivity index (χ0v) is 10.1. The molecule has 0 bridgehead atoms. The largest absolute Gasteiger partial charge is 0.341 e. The van der Waals surface area contributed by atoms with Crippen molar-refractivity contribution in [2.24, 2.45) is 0 Å². The van der Waals surface area contributed by atoms with E-state index in [1.165, 1.54) is 19.3 Å². The predicted octanol–water partition coefficient (Wildman–Crippen LogP) is 1.78. The maximum absolute atomic E-state index is 11.9. The first-order chi connectivity index (χ1) is 7.25. The molecule has 0 radical (unpaired) electrons. The smallest absolute Gasteiger partial charge is 0.239 e. The van der Waals surface area contributed by atoms with Crippen LogP contribution in [0.1, 0.15) is 46.0 Å². The number of carbonyl (C=O) groups excluding carboxylic acids is 1. The highest BCUT2D eigenvalue weighted by Crippen LogP contribution is 2.06. The maximum atomic E-state index is 11.9. The highest BCUT2D eigenvalue weighted by molar-refractivity contribution is 5.81. The van der Waals surface area contributed by atoms with Crippen LogP contribution >= 0.6 is 0 Å². The van der Waals surface area contributed by atoms with Crippen molar-refractivity contribution in [1.82, 2.24) is 10.2 Å². The minimum atomic E-state index is 0.0127. The lowest BCUT2D eigenvalue weighted by molar-refractivity contribution is -0.132. The van der Waals surface area contributed by atoms with Gasteiger partial charge in [0.05, 0.1) is 6.04 Å². The van der Waals surface area contributed by atoms with Crippen molar-refractivity contribution in [3.63, 3.8) is 0 Å². The molecule has 88 valence electrons. The zero-order chi connectivity index (χ0) is 11.1. The Morgan fingerprint density at radius 1 is 1.40 bits per heavy atom. The quantitative estimate of drug-likeness (QED) is 0.705. The lowest BCUT2D eigenvalue weighted by Gasteiger charge is -2.22. The number of unbranched alkanes of at least 4 members (excludes halogenated alkanes) is 3. The number of hydrogen-bond acceptors (Lipinski definition) is 2. The van der Waals surface area contributed by atoms with Gasteiger partial charge in [-0.25, -0.2) is 0 Å². The van der Waals surface area contributed by atoms with Gasteiger partial charge in [-0.15, -0.1) is 0 Å². The molecule has 0 aromatic heterocycles. The average Bonchev–Trinajstić information content (AvgIpc) is 2.39. The van der Waals surface area contributed by atoms with Gasteiger partial charge in [0.15, 0.2) is 0 Å². The van der Waals surface area contributed by atoms with Gasteiger partial charge >= 0.3 is 0 Å². The predicted molar refractivity (Wildman–Crippen MR) is 62.8 cm³/mol. The molecule has 0 aromatic carbocycles. The van der Waals surface area contributed by atoms with Gasteiger partial charge in [-0.05, 0) is 26.3 Å². The van der Waals surface area contributed by atoms with Crippen LogP contribution in [0.5, 0.6) is 0 Å². The number of carbonyl (C=O) groups is 1. The summed E-state index contributed by atoms with van der Waals surface area (Å²) in [5.74, 6) is 0.281. The third kappa shape index (κ3) is 4.20. The van der Waals surface area contributed by atoms with E-state index >= 15 is 0 Å². The van der Waals surface area contributed by atoms with Gasteiger partial charge in [-0.1, -0.05) is 26.2 Å². The summed E-state index contributed by atoms with van der Waals surface area (Å²) in [7, 11) is 0. The topological polar surface area (TPSA) is 32.3 Å². The molecule has 1 aliphatic rings. The van der Waals surface area contributed by atoms with Gasteiger partial charge in [0.2, 0.25) is 5.91 Å². The molecule has 0 spiro atoms. The van der Waals surface area contributed by atoms with Crippen LogP contribution in [-0.2, 0) is 4.79 Å². The Morgan fingerprint density at radius 3 is 2.93 bits per heavy atom. The molecule has 3 heteroatoms. The SMILES string of the molecule is CCCCCCN1CCCNC(C)C1=O. The van der Waals surface area contributed by atoms with Gasteiger partial charge in [-0.2, -0.15) is 0 Å². The molecule has 1 unspecified atom stereocenters. The van der Waals surface area contributed by atoms with E-state index in [4.69, 9.17) is 0 Å². The van der Waals surface area contributed by atoms with Crippen molar-refractivity contribution >= 4 is 5.91 Å². The van der Waals surface area contributed by atoms with E-state index in [0.717, 1.165) is 32.5 Å². The van der Waals surface area contributed by atoms with Crippen molar-refractivity contribution in [3.8, 4) is 0 Å². The fourth-order valence-electron chi connectivity index (χ4n) is 2.01. The maximum Gasteiger partial charge on any atom is 0.239 e. The molecular formula is C12H24N2O. The Balaban J connectivity index is 2.28. The second-order valence-electron chi connectivity index (χ2n) is 4.42. The van der Waals surface area contributed by atoms with Crippen LogP contribution in [0, 0.1) is 0 Å². The Bertz CT molecular complexity index is 194. The first-order valence-electron chi connectivity index (χ1n) is 6.28. The first-order valence-corrected chi connectivity index (χ1v) is 6.28. The van der Waals surface area contributed by atoms with E-state index in [-0.39, 0.29) is 11.9 Å². The number of rotatable bonds is 5. The molecule has 1 atom stereocenters. The number of hydrogen-bond donors (Lipinski definition) is 1. The minimum absolute atomic E-state index is 0.0127. The molecule has 0 aliphatic carbocycles. The van der Waals surface area contributed by atoms with Gasteiger partial charge in [0.1, 0.15) is 0 Å². The second kappa shape index (κ2) is 6.83. The lowest BCUT2D eigenvalue weighted by Crippen LogP contribution is -2.42.